The first-order valence-electron chi connectivity index (χ1n) is 7.81. The summed E-state index contributed by atoms with van der Waals surface area (Å²) in [4.78, 5) is 27.6. The summed E-state index contributed by atoms with van der Waals surface area (Å²) >= 11 is 4.40. The Morgan fingerprint density at radius 2 is 1.93 bits per heavy atom. The lowest BCUT2D eigenvalue weighted by Gasteiger charge is -2.08. The number of benzene rings is 2. The maximum Gasteiger partial charge on any atom is 0.363 e. The molecule has 138 valence electrons. The van der Waals surface area contributed by atoms with Crippen LogP contribution in [0.3, 0.4) is 0 Å². The van der Waals surface area contributed by atoms with Crippen LogP contribution in [0, 0.1) is 7.14 Å². The third-order valence-electron chi connectivity index (χ3n) is 3.61. The zero-order valence-corrected chi connectivity index (χ0v) is 18.7. The molecule has 0 atom stereocenters. The standard InChI is InChI=1S/C19H14I2N2O4/c1-10(24)22-14-5-3-11(4-6-14)18-23-16(19(25)27-18)8-12-7-13(20)9-15(21)17(12)26-2/h3-9H,1-2H3,(H,22,24)/b16-8-. The molecular weight excluding hydrogens is 574 g/mol. The number of hydrogen-bond acceptors (Lipinski definition) is 5. The molecular formula is C19H14I2N2O4. The van der Waals surface area contributed by atoms with Gasteiger partial charge in [-0.3, -0.25) is 4.79 Å². The van der Waals surface area contributed by atoms with E-state index in [2.05, 4.69) is 55.5 Å². The van der Waals surface area contributed by atoms with Crippen LogP contribution in [-0.2, 0) is 14.3 Å². The van der Waals surface area contributed by atoms with Crippen LogP contribution >= 0.6 is 45.2 Å². The highest BCUT2D eigenvalue weighted by Crippen LogP contribution is 2.31. The molecule has 0 unspecified atom stereocenters. The fraction of sp³-hybridized carbons (Fsp3) is 0.105. The first-order chi connectivity index (χ1) is 12.9. The largest absolute Gasteiger partial charge is 0.495 e. The molecule has 0 radical (unpaired) electrons. The quantitative estimate of drug-likeness (QED) is 0.330. The topological polar surface area (TPSA) is 77.0 Å². The highest BCUT2D eigenvalue weighted by atomic mass is 127. The summed E-state index contributed by atoms with van der Waals surface area (Å²) in [5, 5.41) is 2.68. The van der Waals surface area contributed by atoms with Gasteiger partial charge in [0.05, 0.1) is 10.7 Å². The van der Waals surface area contributed by atoms with Crippen LogP contribution in [0.2, 0.25) is 0 Å². The van der Waals surface area contributed by atoms with Crippen molar-refractivity contribution in [3.63, 3.8) is 0 Å². The van der Waals surface area contributed by atoms with E-state index in [4.69, 9.17) is 9.47 Å². The van der Waals surface area contributed by atoms with Gasteiger partial charge in [0.2, 0.25) is 11.8 Å². The third-order valence-corrected chi connectivity index (χ3v) is 5.03. The van der Waals surface area contributed by atoms with Crippen LogP contribution < -0.4 is 10.1 Å². The molecule has 1 aliphatic heterocycles. The van der Waals surface area contributed by atoms with Crippen LogP contribution in [-0.4, -0.2) is 24.9 Å². The van der Waals surface area contributed by atoms with E-state index in [1.54, 1.807) is 37.5 Å². The normalized spacial score (nSPS) is 14.7. The minimum Gasteiger partial charge on any atom is -0.495 e. The van der Waals surface area contributed by atoms with Gasteiger partial charge in [0, 0.05) is 27.3 Å². The highest BCUT2D eigenvalue weighted by molar-refractivity contribution is 14.1. The maximum atomic E-state index is 12.2. The predicted molar refractivity (Wildman–Crippen MR) is 120 cm³/mol. The Balaban J connectivity index is 1.93. The van der Waals surface area contributed by atoms with Gasteiger partial charge >= 0.3 is 5.97 Å². The maximum absolute atomic E-state index is 12.2. The van der Waals surface area contributed by atoms with Crippen molar-refractivity contribution in [3.8, 4) is 5.75 Å². The Kier molecular flexibility index (Phi) is 6.15. The predicted octanol–water partition coefficient (Wildman–Crippen LogP) is 4.21. The van der Waals surface area contributed by atoms with Crippen molar-refractivity contribution in [2.45, 2.75) is 6.92 Å². The minimum absolute atomic E-state index is 0.154. The van der Waals surface area contributed by atoms with Crippen LogP contribution in [0.15, 0.2) is 47.1 Å². The van der Waals surface area contributed by atoms with Crippen LogP contribution in [0.25, 0.3) is 6.08 Å². The summed E-state index contributed by atoms with van der Waals surface area (Å²) < 4.78 is 12.7. The molecule has 6 nitrogen and oxygen atoms in total. The van der Waals surface area contributed by atoms with Crippen molar-refractivity contribution in [2.24, 2.45) is 4.99 Å². The van der Waals surface area contributed by atoms with E-state index in [1.807, 2.05) is 12.1 Å². The van der Waals surface area contributed by atoms with Gasteiger partial charge in [0.15, 0.2) is 5.70 Å². The third kappa shape index (κ3) is 4.67. The number of halogens is 2. The SMILES string of the molecule is COc1c(I)cc(I)cc1/C=C1\N=C(c2ccc(NC(C)=O)cc2)OC1=O. The average molecular weight is 588 g/mol. The average Bonchev–Trinajstić information content (AvgIpc) is 2.95. The number of nitrogens with zero attached hydrogens (tertiary/aromatic N) is 1. The molecule has 0 saturated carbocycles. The molecule has 0 aromatic heterocycles. The van der Waals surface area contributed by atoms with Gasteiger partial charge in [-0.25, -0.2) is 9.79 Å². The van der Waals surface area contributed by atoms with Crippen molar-refractivity contribution in [1.29, 1.82) is 0 Å². The fourth-order valence-corrected chi connectivity index (χ4v) is 4.59. The van der Waals surface area contributed by atoms with Gasteiger partial charge in [-0.15, -0.1) is 0 Å². The lowest BCUT2D eigenvalue weighted by molar-refractivity contribution is -0.129. The Bertz CT molecular complexity index is 982. The highest BCUT2D eigenvalue weighted by Gasteiger charge is 2.25. The number of carbonyl (C=O) groups is 2. The number of esters is 1. The van der Waals surface area contributed by atoms with Gasteiger partial charge in [-0.1, -0.05) is 0 Å². The van der Waals surface area contributed by atoms with Gasteiger partial charge in [-0.05, 0) is 87.7 Å². The van der Waals surface area contributed by atoms with Crippen molar-refractivity contribution in [3.05, 3.63) is 60.4 Å². The summed E-state index contributed by atoms with van der Waals surface area (Å²) in [7, 11) is 1.59. The number of hydrogen-bond donors (Lipinski definition) is 1. The van der Waals surface area contributed by atoms with Gasteiger partial charge in [-0.2, -0.15) is 0 Å². The molecule has 0 spiro atoms. The first kappa shape index (κ1) is 19.8. The number of rotatable bonds is 4. The number of nitrogens with one attached hydrogen (secondary N) is 1. The molecule has 2 aromatic carbocycles. The van der Waals surface area contributed by atoms with E-state index in [-0.39, 0.29) is 17.5 Å². The lowest BCUT2D eigenvalue weighted by atomic mass is 10.1. The number of methoxy groups -OCH3 is 1. The molecule has 0 fully saturated rings. The molecule has 0 saturated heterocycles. The van der Waals surface area contributed by atoms with Crippen molar-refractivity contribution in [1.82, 2.24) is 0 Å². The molecule has 8 heteroatoms. The van der Waals surface area contributed by atoms with E-state index in [9.17, 15) is 9.59 Å². The Labute approximate surface area is 183 Å². The van der Waals surface area contributed by atoms with E-state index < -0.39 is 5.97 Å². The lowest BCUT2D eigenvalue weighted by Crippen LogP contribution is -2.07. The van der Waals surface area contributed by atoms with Gasteiger partial charge < -0.3 is 14.8 Å². The molecule has 1 amide bonds. The van der Waals surface area contributed by atoms with Gasteiger partial charge in [0.25, 0.3) is 0 Å². The fourth-order valence-electron chi connectivity index (χ4n) is 2.48. The summed E-state index contributed by atoms with van der Waals surface area (Å²) in [6.45, 7) is 1.44. The zero-order chi connectivity index (χ0) is 19.6. The molecule has 0 bridgehead atoms. The van der Waals surface area contributed by atoms with E-state index in [0.29, 0.717) is 17.0 Å². The summed E-state index contributed by atoms with van der Waals surface area (Å²) in [5.74, 6) is 0.227. The molecule has 3 rings (SSSR count). The van der Waals surface area contributed by atoms with Gasteiger partial charge in [0.1, 0.15) is 5.75 Å². The second-order valence-corrected chi connectivity index (χ2v) is 8.01. The number of amides is 1. The van der Waals surface area contributed by atoms with Crippen molar-refractivity contribution >= 4 is 74.7 Å². The van der Waals surface area contributed by atoms with Crippen molar-refractivity contribution < 1.29 is 19.1 Å². The monoisotopic (exact) mass is 588 g/mol. The number of anilines is 1. The minimum atomic E-state index is -0.521. The van der Waals surface area contributed by atoms with Crippen LogP contribution in [0.4, 0.5) is 5.69 Å². The number of aliphatic imine (C=N–C) groups is 1. The summed E-state index contributed by atoms with van der Waals surface area (Å²) in [6, 6.07) is 10.8. The number of ether oxygens (including phenoxy) is 2. The molecule has 2 aromatic rings. The van der Waals surface area contributed by atoms with E-state index >= 15 is 0 Å². The molecule has 1 heterocycles. The first-order valence-corrected chi connectivity index (χ1v) is 9.96. The number of carbonyl (C=O) groups excluding carboxylic acids is 2. The van der Waals surface area contributed by atoms with Crippen LogP contribution in [0.5, 0.6) is 5.75 Å². The Morgan fingerprint density at radius 1 is 1.22 bits per heavy atom. The van der Waals surface area contributed by atoms with E-state index in [1.165, 1.54) is 6.92 Å². The molecule has 0 aliphatic carbocycles. The zero-order valence-electron chi connectivity index (χ0n) is 14.4. The second-order valence-electron chi connectivity index (χ2n) is 5.60. The Morgan fingerprint density at radius 3 is 2.56 bits per heavy atom. The molecule has 27 heavy (non-hydrogen) atoms. The van der Waals surface area contributed by atoms with Crippen LogP contribution in [0.1, 0.15) is 18.1 Å². The smallest absolute Gasteiger partial charge is 0.363 e. The summed E-state index contributed by atoms with van der Waals surface area (Å²) in [5.41, 5.74) is 2.26. The Hall–Kier alpha value is -1.95. The summed E-state index contributed by atoms with van der Waals surface area (Å²) in [6.07, 6.45) is 1.66. The van der Waals surface area contributed by atoms with Crippen molar-refractivity contribution in [2.75, 3.05) is 12.4 Å². The molecule has 1 N–H and O–H groups in total. The molecule has 1 aliphatic rings. The number of cyclic esters (lactones) is 1. The second kappa shape index (κ2) is 8.38. The van der Waals surface area contributed by atoms with E-state index in [0.717, 1.165) is 12.7 Å².